The van der Waals surface area contributed by atoms with Crippen molar-refractivity contribution in [2.24, 2.45) is 11.3 Å². The SMILES string of the molecule is CCCC1CCC(C#N)(C(O)c2ccc(Cl)cc2Br)CC1. The minimum absolute atomic E-state index is 0.621. The molecule has 21 heavy (non-hydrogen) atoms. The molecule has 1 aromatic rings. The second-order valence-electron chi connectivity index (χ2n) is 6.07. The van der Waals surface area contributed by atoms with Gasteiger partial charge in [0, 0.05) is 9.50 Å². The minimum atomic E-state index is -0.767. The van der Waals surface area contributed by atoms with Gasteiger partial charge in [0.05, 0.1) is 17.6 Å². The van der Waals surface area contributed by atoms with Crippen LogP contribution in [0.1, 0.15) is 57.1 Å². The summed E-state index contributed by atoms with van der Waals surface area (Å²) in [5, 5.41) is 21.1. The fourth-order valence-electron chi connectivity index (χ4n) is 3.36. The summed E-state index contributed by atoms with van der Waals surface area (Å²) in [6.07, 6.45) is 5.25. The summed E-state index contributed by atoms with van der Waals surface area (Å²) >= 11 is 9.40. The zero-order chi connectivity index (χ0) is 15.5. The molecule has 1 fully saturated rings. The van der Waals surface area contributed by atoms with E-state index in [1.54, 1.807) is 12.1 Å². The lowest BCUT2D eigenvalue weighted by Crippen LogP contribution is -2.32. The summed E-state index contributed by atoms with van der Waals surface area (Å²) in [5.41, 5.74) is 0.0931. The third-order valence-corrected chi connectivity index (χ3v) is 5.62. The van der Waals surface area contributed by atoms with Crippen molar-refractivity contribution in [3.63, 3.8) is 0 Å². The van der Waals surface area contributed by atoms with E-state index in [1.807, 2.05) is 6.07 Å². The first-order valence-corrected chi connectivity index (χ1v) is 8.74. The highest BCUT2D eigenvalue weighted by atomic mass is 79.9. The van der Waals surface area contributed by atoms with Crippen molar-refractivity contribution in [1.29, 1.82) is 5.26 Å². The standard InChI is InChI=1S/C17H21BrClNO/c1-2-3-12-6-8-17(11-20,9-7-12)16(21)14-5-4-13(19)10-15(14)18/h4-5,10,12,16,21H,2-3,6-9H2,1H3. The third kappa shape index (κ3) is 3.62. The molecule has 2 nitrogen and oxygen atoms in total. The monoisotopic (exact) mass is 369 g/mol. The second-order valence-corrected chi connectivity index (χ2v) is 7.36. The van der Waals surface area contributed by atoms with E-state index in [1.165, 1.54) is 12.8 Å². The molecule has 0 amide bonds. The lowest BCUT2D eigenvalue weighted by molar-refractivity contribution is 0.0232. The highest BCUT2D eigenvalue weighted by Gasteiger charge is 2.42. The van der Waals surface area contributed by atoms with Crippen molar-refractivity contribution < 1.29 is 5.11 Å². The van der Waals surface area contributed by atoms with E-state index in [0.29, 0.717) is 10.9 Å². The van der Waals surface area contributed by atoms with Crippen LogP contribution in [0.3, 0.4) is 0 Å². The number of rotatable bonds is 4. The van der Waals surface area contributed by atoms with E-state index in [-0.39, 0.29) is 0 Å². The number of aliphatic hydroxyl groups is 1. The van der Waals surface area contributed by atoms with Gasteiger partial charge in [-0.15, -0.1) is 0 Å². The number of nitriles is 1. The molecule has 0 aromatic heterocycles. The Bertz CT molecular complexity index is 532. The van der Waals surface area contributed by atoms with Crippen LogP contribution in [0.2, 0.25) is 5.02 Å². The summed E-state index contributed by atoms with van der Waals surface area (Å²) in [5.74, 6) is 0.706. The molecule has 0 radical (unpaired) electrons. The van der Waals surface area contributed by atoms with Gasteiger partial charge in [-0.25, -0.2) is 0 Å². The van der Waals surface area contributed by atoms with Gasteiger partial charge in [0.2, 0.25) is 0 Å². The Morgan fingerprint density at radius 3 is 2.67 bits per heavy atom. The lowest BCUT2D eigenvalue weighted by atomic mass is 9.66. The molecule has 114 valence electrons. The molecule has 1 aliphatic carbocycles. The number of hydrogen-bond donors (Lipinski definition) is 1. The van der Waals surface area contributed by atoms with Gasteiger partial charge in [0.15, 0.2) is 0 Å². The van der Waals surface area contributed by atoms with Crippen LogP contribution in [0, 0.1) is 22.7 Å². The number of benzene rings is 1. The lowest BCUT2D eigenvalue weighted by Gasteiger charge is -2.38. The van der Waals surface area contributed by atoms with Crippen LogP contribution in [-0.4, -0.2) is 5.11 Å². The largest absolute Gasteiger partial charge is 0.387 e. The van der Waals surface area contributed by atoms with Gasteiger partial charge in [-0.2, -0.15) is 5.26 Å². The number of hydrogen-bond acceptors (Lipinski definition) is 2. The number of aliphatic hydroxyl groups excluding tert-OH is 1. The van der Waals surface area contributed by atoms with Gasteiger partial charge in [-0.1, -0.05) is 53.4 Å². The highest BCUT2D eigenvalue weighted by molar-refractivity contribution is 9.10. The average molecular weight is 371 g/mol. The maximum absolute atomic E-state index is 10.8. The van der Waals surface area contributed by atoms with Crippen molar-refractivity contribution >= 4 is 27.5 Å². The van der Waals surface area contributed by atoms with E-state index in [2.05, 4.69) is 28.9 Å². The fourth-order valence-corrected chi connectivity index (χ4v) is 4.26. The van der Waals surface area contributed by atoms with Crippen molar-refractivity contribution in [2.75, 3.05) is 0 Å². The molecule has 1 saturated carbocycles. The molecule has 0 spiro atoms. The molecule has 0 saturated heterocycles. The minimum Gasteiger partial charge on any atom is -0.387 e. The smallest absolute Gasteiger partial charge is 0.0987 e. The molecular weight excluding hydrogens is 350 g/mol. The molecule has 2 rings (SSSR count). The molecule has 4 heteroatoms. The molecule has 0 bridgehead atoms. The first-order chi connectivity index (χ1) is 10.0. The van der Waals surface area contributed by atoms with Crippen LogP contribution in [0.25, 0.3) is 0 Å². The number of halogens is 2. The van der Waals surface area contributed by atoms with Gasteiger partial charge < -0.3 is 5.11 Å². The Hall–Kier alpha value is -0.560. The quantitative estimate of drug-likeness (QED) is 0.745. The van der Waals surface area contributed by atoms with Crippen LogP contribution in [-0.2, 0) is 0 Å². The van der Waals surface area contributed by atoms with E-state index >= 15 is 0 Å². The summed E-state index contributed by atoms with van der Waals surface area (Å²) in [6, 6.07) is 7.76. The van der Waals surface area contributed by atoms with E-state index < -0.39 is 11.5 Å². The summed E-state index contributed by atoms with van der Waals surface area (Å²) in [4.78, 5) is 0. The van der Waals surface area contributed by atoms with Crippen molar-refractivity contribution in [3.05, 3.63) is 33.3 Å². The van der Waals surface area contributed by atoms with E-state index in [4.69, 9.17) is 11.6 Å². The Balaban J connectivity index is 2.20. The maximum atomic E-state index is 10.8. The van der Waals surface area contributed by atoms with Gasteiger partial charge in [-0.3, -0.25) is 0 Å². The van der Waals surface area contributed by atoms with Crippen LogP contribution >= 0.6 is 27.5 Å². The summed E-state index contributed by atoms with van der Waals surface area (Å²) < 4.78 is 0.771. The van der Waals surface area contributed by atoms with Crippen LogP contribution in [0.4, 0.5) is 0 Å². The highest BCUT2D eigenvalue weighted by Crippen LogP contribution is 2.49. The van der Waals surface area contributed by atoms with Crippen molar-refractivity contribution in [2.45, 2.75) is 51.6 Å². The first-order valence-electron chi connectivity index (χ1n) is 7.56. The Kier molecular flexibility index (Phi) is 5.71. The van der Waals surface area contributed by atoms with E-state index in [0.717, 1.165) is 35.7 Å². The molecule has 1 N–H and O–H groups in total. The molecule has 1 aliphatic rings. The van der Waals surface area contributed by atoms with Crippen LogP contribution in [0.5, 0.6) is 0 Å². The predicted octanol–water partition coefficient (Wildman–Crippen LogP) is 5.64. The van der Waals surface area contributed by atoms with E-state index in [9.17, 15) is 10.4 Å². The molecule has 1 aromatic carbocycles. The molecule has 0 aliphatic heterocycles. The van der Waals surface area contributed by atoms with Crippen molar-refractivity contribution in [1.82, 2.24) is 0 Å². The molecule has 1 atom stereocenters. The van der Waals surface area contributed by atoms with Crippen molar-refractivity contribution in [3.8, 4) is 6.07 Å². The second kappa shape index (κ2) is 7.13. The van der Waals surface area contributed by atoms with Gasteiger partial charge in [0.25, 0.3) is 0 Å². The maximum Gasteiger partial charge on any atom is 0.0987 e. The van der Waals surface area contributed by atoms with Crippen LogP contribution < -0.4 is 0 Å². The predicted molar refractivity (Wildman–Crippen MR) is 89.0 cm³/mol. The topological polar surface area (TPSA) is 44.0 Å². The average Bonchev–Trinajstić information content (AvgIpc) is 2.48. The third-order valence-electron chi connectivity index (χ3n) is 4.70. The van der Waals surface area contributed by atoms with Gasteiger partial charge in [-0.05, 0) is 49.3 Å². The molecule has 1 unspecified atom stereocenters. The summed E-state index contributed by atoms with van der Waals surface area (Å²) in [6.45, 7) is 2.20. The Labute approximate surface area is 140 Å². The Morgan fingerprint density at radius 2 is 2.14 bits per heavy atom. The molecular formula is C17H21BrClNO. The number of nitrogens with zero attached hydrogens (tertiary/aromatic N) is 1. The molecule has 0 heterocycles. The normalized spacial score (nSPS) is 27.1. The van der Waals surface area contributed by atoms with Crippen LogP contribution in [0.15, 0.2) is 22.7 Å². The summed E-state index contributed by atoms with van der Waals surface area (Å²) in [7, 11) is 0. The van der Waals surface area contributed by atoms with Gasteiger partial charge >= 0.3 is 0 Å². The fraction of sp³-hybridized carbons (Fsp3) is 0.588. The Morgan fingerprint density at radius 1 is 1.48 bits per heavy atom. The van der Waals surface area contributed by atoms with Gasteiger partial charge in [0.1, 0.15) is 0 Å². The zero-order valence-corrected chi connectivity index (χ0v) is 14.6. The zero-order valence-electron chi connectivity index (χ0n) is 12.3. The first kappa shape index (κ1) is 16.8.